The SMILES string of the molecule is CC(=O)C(Br)C(=O)c1ccc(Oc2ccccc2)cc1.CC(=O)C(OC(=O)C1CCN(C(=O)OC(C)(C)C)C1)C(=O)c1ccc(Oc2ccccc2)cc1.CC(=O)c1oc(C2CCN(C(=O)OC(C)(C)C)C2)nc1-c1ccc(Oc2ccccc2)cc1.CC(=O)c1oc(C2CCNC2)nc1-c1ccc(Oc2ccccc2)cc1.CC(C)(C)OC(=O)N1CCC(C(=O)O)C1. The van der Waals surface area contributed by atoms with Crippen LogP contribution < -0.4 is 24.3 Å². The highest BCUT2D eigenvalue weighted by Crippen LogP contribution is 2.37. The molecular formula is C99H107BrN6O22. The van der Waals surface area contributed by atoms with Crippen molar-refractivity contribution in [3.05, 3.63) is 253 Å². The number of rotatable bonds is 23. The molecule has 0 aliphatic carbocycles. The molecule has 4 fully saturated rings. The average molecular weight is 1810 g/mol. The highest BCUT2D eigenvalue weighted by Gasteiger charge is 2.40. The normalized spacial score (nSPS) is 16.2. The van der Waals surface area contributed by atoms with Gasteiger partial charge in [-0.15, -0.1) is 0 Å². The third-order valence-electron chi connectivity index (χ3n) is 19.8. The van der Waals surface area contributed by atoms with Crippen LogP contribution in [0.25, 0.3) is 22.5 Å². The molecule has 2 N–H and O–H groups in total. The Kier molecular flexibility index (Phi) is 33.8. The van der Waals surface area contributed by atoms with Crippen LogP contribution in [0.15, 0.2) is 227 Å². The Morgan fingerprint density at radius 1 is 0.406 bits per heavy atom. The van der Waals surface area contributed by atoms with Crippen molar-refractivity contribution in [3.63, 3.8) is 0 Å². The minimum absolute atomic E-state index is 0.0925. The molecular weight excluding hydrogens is 1710 g/mol. The summed E-state index contributed by atoms with van der Waals surface area (Å²) < 4.78 is 56.0. The van der Waals surface area contributed by atoms with Crippen molar-refractivity contribution < 1.29 is 105 Å². The number of carbonyl (C=O) groups excluding carboxylic acids is 10. The number of Topliss-reactive ketones (excluding diaryl/α,β-unsaturated/α-hetero) is 6. The number of oxazole rings is 2. The van der Waals surface area contributed by atoms with Crippen LogP contribution >= 0.6 is 15.9 Å². The lowest BCUT2D eigenvalue weighted by Crippen LogP contribution is -2.38. The van der Waals surface area contributed by atoms with Gasteiger partial charge >= 0.3 is 30.2 Å². The largest absolute Gasteiger partial charge is 0.481 e. The number of hydrogen-bond donors (Lipinski definition) is 2. The van der Waals surface area contributed by atoms with Crippen LogP contribution in [0.2, 0.25) is 0 Å². The summed E-state index contributed by atoms with van der Waals surface area (Å²) in [4.78, 5) is 145. The number of carboxylic acid groups (broad SMARTS) is 1. The Balaban J connectivity index is 0.000000171. The van der Waals surface area contributed by atoms with E-state index in [0.29, 0.717) is 103 Å². The molecule has 672 valence electrons. The fraction of sp³-hybridized carbons (Fsp3) is 0.343. The number of likely N-dealkylation sites (tertiary alicyclic amines) is 3. The molecule has 0 saturated carbocycles. The van der Waals surface area contributed by atoms with Crippen molar-refractivity contribution in [2.45, 2.75) is 155 Å². The topological polar surface area (TPSA) is 356 Å². The molecule has 28 nitrogen and oxygen atoms in total. The fourth-order valence-corrected chi connectivity index (χ4v) is 13.6. The first kappa shape index (κ1) is 96.8. The Morgan fingerprint density at radius 3 is 1.06 bits per heavy atom. The second kappa shape index (κ2) is 44.6. The summed E-state index contributed by atoms with van der Waals surface area (Å²) in [5, 5.41) is 12.1. The Bertz CT molecular complexity index is 5450. The summed E-state index contributed by atoms with van der Waals surface area (Å²) in [7, 11) is 0. The minimum atomic E-state index is -1.55. The third-order valence-corrected chi connectivity index (χ3v) is 20.8. The maximum Gasteiger partial charge on any atom is 0.410 e. The summed E-state index contributed by atoms with van der Waals surface area (Å²) in [5.41, 5.74) is 1.67. The van der Waals surface area contributed by atoms with E-state index in [1.165, 1.54) is 49.6 Å². The van der Waals surface area contributed by atoms with Crippen molar-refractivity contribution >= 4 is 80.8 Å². The number of nitrogens with one attached hydrogen (secondary N) is 1. The zero-order valence-electron chi connectivity index (χ0n) is 73.9. The lowest BCUT2D eigenvalue weighted by molar-refractivity contribution is -0.155. The van der Waals surface area contributed by atoms with Gasteiger partial charge in [-0.2, -0.15) is 0 Å². The van der Waals surface area contributed by atoms with E-state index in [1.54, 1.807) is 95.0 Å². The van der Waals surface area contributed by atoms with Gasteiger partial charge in [0, 0.05) is 87.8 Å². The molecule has 2 aromatic heterocycles. The van der Waals surface area contributed by atoms with Crippen molar-refractivity contribution in [2.24, 2.45) is 11.8 Å². The van der Waals surface area contributed by atoms with Crippen molar-refractivity contribution in [2.75, 3.05) is 52.4 Å². The number of hydrogen-bond acceptors (Lipinski definition) is 24. The smallest absolute Gasteiger partial charge is 0.410 e. The number of aromatic nitrogens is 2. The lowest BCUT2D eigenvalue weighted by atomic mass is 10.0. The standard InChI is InChI=1S/C26H28N2O5.C26H29NO7.C21H20N2O3.C16H13BrO3.C10H17NO4/c1-17(29)23-22(18-10-12-21(13-11-18)31-20-8-6-5-7-9-20)27-24(32-23)19-14-15-28(16-19)25(30)33-26(2,3)4;1-17(28)23(33-24(30)19-14-15-27(16-19)25(31)34-26(2,3)4)22(29)18-10-12-21(13-11-18)32-20-8-6-5-7-9-20;1-14(24)20-19(23-21(26-20)16-11-12-22-13-16)15-7-9-18(10-8-15)25-17-5-3-2-4-6-17;1-11(18)15(17)16(19)12-7-9-14(10-8-12)20-13-5-3-2-4-6-13;1-10(2,3)15-9(14)11-5-4-7(6-11)8(12)13/h5-13,19H,14-16H2,1-4H3;5-13,19,23H,14-16H2,1-4H3;2-10,16,22H,11-13H2,1H3;2-10,15H,1H3;7H,4-6H2,1-3H3,(H,12,13). The molecule has 3 amide bonds. The highest BCUT2D eigenvalue weighted by molar-refractivity contribution is 9.10. The number of halogens is 1. The van der Waals surface area contributed by atoms with Gasteiger partial charge in [-0.05, 0) is 254 Å². The predicted octanol–water partition coefficient (Wildman–Crippen LogP) is 20.2. The number of amides is 3. The Morgan fingerprint density at radius 2 is 0.734 bits per heavy atom. The molecule has 14 rings (SSSR count). The van der Waals surface area contributed by atoms with Crippen LogP contribution in [0.1, 0.15) is 181 Å². The van der Waals surface area contributed by atoms with Gasteiger partial charge in [0.15, 0.2) is 46.3 Å². The lowest BCUT2D eigenvalue weighted by Gasteiger charge is -2.24. The number of alkyl halides is 1. The summed E-state index contributed by atoms with van der Waals surface area (Å²) >= 11 is 3.09. The van der Waals surface area contributed by atoms with Crippen molar-refractivity contribution in [1.29, 1.82) is 0 Å². The zero-order valence-corrected chi connectivity index (χ0v) is 75.5. The van der Waals surface area contributed by atoms with Crippen LogP contribution in [-0.2, 0) is 38.1 Å². The van der Waals surface area contributed by atoms with E-state index in [0.717, 1.165) is 53.6 Å². The molecule has 0 radical (unpaired) electrons. The third kappa shape index (κ3) is 29.1. The number of benzene rings is 8. The van der Waals surface area contributed by atoms with E-state index in [1.807, 2.05) is 178 Å². The van der Waals surface area contributed by atoms with E-state index in [9.17, 15) is 52.7 Å². The molecule has 0 spiro atoms. The maximum atomic E-state index is 12.9. The van der Waals surface area contributed by atoms with Crippen molar-refractivity contribution in [1.82, 2.24) is 30.0 Å². The zero-order chi connectivity index (χ0) is 92.6. The quantitative estimate of drug-likeness (QED) is 0.0197. The number of esters is 1. The summed E-state index contributed by atoms with van der Waals surface area (Å²) in [6.45, 7) is 25.6. The fourth-order valence-electron chi connectivity index (χ4n) is 13.4. The molecule has 10 aromatic rings. The van der Waals surface area contributed by atoms with Gasteiger partial charge in [0.1, 0.15) is 79.0 Å². The van der Waals surface area contributed by atoms with E-state index in [4.69, 9.17) is 51.8 Å². The average Bonchev–Trinajstić information content (AvgIpc) is 1.65. The Labute approximate surface area is 752 Å². The van der Waals surface area contributed by atoms with E-state index < -0.39 is 75.3 Å². The summed E-state index contributed by atoms with van der Waals surface area (Å²) in [6.07, 6.45) is -0.300. The first-order valence-corrected chi connectivity index (χ1v) is 42.9. The van der Waals surface area contributed by atoms with Gasteiger partial charge < -0.3 is 71.9 Å². The second-order valence-electron chi connectivity index (χ2n) is 33.7. The molecule has 128 heavy (non-hydrogen) atoms. The summed E-state index contributed by atoms with van der Waals surface area (Å²) in [6, 6.07) is 65.6. The maximum absolute atomic E-state index is 12.9. The number of nitrogens with zero attached hydrogens (tertiary/aromatic N) is 5. The van der Waals surface area contributed by atoms with Crippen LogP contribution in [0.4, 0.5) is 14.4 Å². The van der Waals surface area contributed by atoms with Crippen LogP contribution in [-0.4, -0.2) is 175 Å². The highest BCUT2D eigenvalue weighted by atomic mass is 79.9. The molecule has 4 aliphatic rings. The monoisotopic (exact) mass is 1810 g/mol. The molecule has 8 aromatic carbocycles. The number of para-hydroxylation sites is 4. The van der Waals surface area contributed by atoms with Crippen LogP contribution in [0, 0.1) is 11.8 Å². The molecule has 6 heterocycles. The first-order chi connectivity index (χ1) is 60.8. The molecule has 29 heteroatoms. The van der Waals surface area contributed by atoms with Gasteiger partial charge in [0.25, 0.3) is 0 Å². The van der Waals surface area contributed by atoms with Gasteiger partial charge in [-0.25, -0.2) is 24.4 Å². The van der Waals surface area contributed by atoms with Crippen molar-refractivity contribution in [3.8, 4) is 68.5 Å². The van der Waals surface area contributed by atoms with Crippen LogP contribution in [0.5, 0.6) is 46.0 Å². The second-order valence-corrected chi connectivity index (χ2v) is 34.6. The number of carboxylic acids is 1. The number of aliphatic carboxylic acids is 1. The number of ketones is 6. The number of carbonyl (C=O) groups is 11. The Hall–Kier alpha value is -13.4. The molecule has 0 bridgehead atoms. The molecule has 6 atom stereocenters. The first-order valence-electron chi connectivity index (χ1n) is 42.0. The molecule has 4 saturated heterocycles. The predicted molar refractivity (Wildman–Crippen MR) is 480 cm³/mol. The van der Waals surface area contributed by atoms with Gasteiger partial charge in [0.2, 0.25) is 17.8 Å². The van der Waals surface area contributed by atoms with E-state index in [-0.39, 0.29) is 65.5 Å². The van der Waals surface area contributed by atoms with Gasteiger partial charge in [-0.3, -0.25) is 38.4 Å². The minimum Gasteiger partial charge on any atom is -0.481 e. The van der Waals surface area contributed by atoms with Gasteiger partial charge in [-0.1, -0.05) is 88.7 Å². The van der Waals surface area contributed by atoms with E-state index >= 15 is 0 Å². The van der Waals surface area contributed by atoms with Gasteiger partial charge in [0.05, 0.1) is 17.8 Å². The van der Waals surface area contributed by atoms with Crippen LogP contribution in [0.3, 0.4) is 0 Å². The summed E-state index contributed by atoms with van der Waals surface area (Å²) in [5.74, 6) is 2.67. The van der Waals surface area contributed by atoms with E-state index in [2.05, 4.69) is 31.2 Å². The molecule has 4 aliphatic heterocycles. The molecule has 6 unspecified atom stereocenters. The number of ether oxygens (including phenoxy) is 8.